The Morgan fingerprint density at radius 3 is 2.62 bits per heavy atom. The van der Waals surface area contributed by atoms with Crippen molar-refractivity contribution in [2.75, 3.05) is 37.2 Å². The molecule has 1 fully saturated rings. The lowest BCUT2D eigenvalue weighted by Gasteiger charge is -2.32. The number of carbonyl (C=O) groups excluding carboxylic acids is 2. The Morgan fingerprint density at radius 1 is 1.19 bits per heavy atom. The van der Waals surface area contributed by atoms with Gasteiger partial charge in [0, 0.05) is 31.9 Å². The highest BCUT2D eigenvalue weighted by Gasteiger charge is 2.28. The number of amides is 3. The maximum absolute atomic E-state index is 12.3. The number of hydrogen-bond acceptors (Lipinski definition) is 4. The van der Waals surface area contributed by atoms with Crippen LogP contribution in [0.3, 0.4) is 0 Å². The number of piperidine rings is 1. The predicted molar refractivity (Wildman–Crippen MR) is 100 cm³/mol. The van der Waals surface area contributed by atoms with Crippen LogP contribution in [-0.4, -0.2) is 57.2 Å². The fraction of sp³-hybridized carbons (Fsp3) is 0.529. The van der Waals surface area contributed by atoms with Crippen LogP contribution in [0, 0.1) is 5.92 Å². The third-order valence-corrected chi connectivity index (χ3v) is 5.63. The molecule has 1 saturated heterocycles. The molecule has 1 atom stereocenters. The van der Waals surface area contributed by atoms with E-state index in [1.165, 1.54) is 0 Å². The van der Waals surface area contributed by atoms with Gasteiger partial charge in [0.1, 0.15) is 0 Å². The van der Waals surface area contributed by atoms with Crippen LogP contribution in [0.1, 0.15) is 19.8 Å². The summed E-state index contributed by atoms with van der Waals surface area (Å²) in [5, 5.41) is 5.56. The maximum atomic E-state index is 12.3. The minimum Gasteiger partial charge on any atom is -0.354 e. The monoisotopic (exact) mass is 382 g/mol. The van der Waals surface area contributed by atoms with E-state index in [1.54, 1.807) is 11.8 Å². The highest BCUT2D eigenvalue weighted by atomic mass is 32.2. The number of rotatable bonds is 7. The Hall–Kier alpha value is -2.13. The molecule has 2 rings (SSSR count). The van der Waals surface area contributed by atoms with Crippen molar-refractivity contribution in [2.24, 2.45) is 5.92 Å². The first-order valence-electron chi connectivity index (χ1n) is 8.77. The summed E-state index contributed by atoms with van der Waals surface area (Å²) < 4.78 is 25.1. The fourth-order valence-corrected chi connectivity index (χ4v) is 3.36. The Morgan fingerprint density at radius 2 is 1.92 bits per heavy atom. The summed E-state index contributed by atoms with van der Waals surface area (Å²) in [6.45, 7) is 2.90. The van der Waals surface area contributed by atoms with Crippen LogP contribution in [-0.2, 0) is 14.8 Å². The van der Waals surface area contributed by atoms with Crippen molar-refractivity contribution in [2.45, 2.75) is 19.8 Å². The molecular weight excluding hydrogens is 356 g/mol. The summed E-state index contributed by atoms with van der Waals surface area (Å²) in [6, 6.07) is 8.96. The van der Waals surface area contributed by atoms with Gasteiger partial charge in [-0.2, -0.15) is 0 Å². The van der Waals surface area contributed by atoms with Gasteiger partial charge in [-0.15, -0.1) is 0 Å². The van der Waals surface area contributed by atoms with E-state index >= 15 is 0 Å². The van der Waals surface area contributed by atoms with E-state index < -0.39 is 10.0 Å². The molecule has 8 nitrogen and oxygen atoms in total. The number of urea groups is 1. The van der Waals surface area contributed by atoms with Gasteiger partial charge in [-0.3, -0.25) is 4.79 Å². The zero-order valence-electron chi connectivity index (χ0n) is 14.9. The molecule has 0 spiro atoms. The first-order chi connectivity index (χ1) is 12.4. The van der Waals surface area contributed by atoms with E-state index in [0.29, 0.717) is 25.2 Å². The van der Waals surface area contributed by atoms with Crippen LogP contribution in [0.25, 0.3) is 0 Å². The molecule has 26 heavy (non-hydrogen) atoms. The highest BCUT2D eigenvalue weighted by molar-refractivity contribution is 7.89. The fourth-order valence-electron chi connectivity index (χ4n) is 2.74. The second-order valence-electron chi connectivity index (χ2n) is 6.17. The summed E-state index contributed by atoms with van der Waals surface area (Å²) in [5.74, 6) is -0.430. The molecular formula is C17H26N4O4S. The van der Waals surface area contributed by atoms with E-state index in [1.807, 2.05) is 30.3 Å². The van der Waals surface area contributed by atoms with Crippen molar-refractivity contribution in [3.8, 4) is 0 Å². The molecule has 1 aromatic carbocycles. The van der Waals surface area contributed by atoms with Crippen molar-refractivity contribution in [3.63, 3.8) is 0 Å². The molecule has 0 radical (unpaired) electrons. The molecule has 3 amide bonds. The molecule has 3 N–H and O–H groups in total. The van der Waals surface area contributed by atoms with Gasteiger partial charge in [0.05, 0.1) is 11.7 Å². The van der Waals surface area contributed by atoms with Crippen molar-refractivity contribution in [3.05, 3.63) is 30.3 Å². The van der Waals surface area contributed by atoms with Crippen molar-refractivity contribution in [1.82, 2.24) is 14.9 Å². The molecule has 0 saturated carbocycles. The zero-order valence-corrected chi connectivity index (χ0v) is 15.7. The van der Waals surface area contributed by atoms with Crippen LogP contribution < -0.4 is 15.4 Å². The first-order valence-corrected chi connectivity index (χ1v) is 10.4. The minimum atomic E-state index is -3.25. The molecule has 0 bridgehead atoms. The number of nitrogens with zero attached hydrogens (tertiary/aromatic N) is 1. The summed E-state index contributed by atoms with van der Waals surface area (Å²) in [5.41, 5.74) is 0.715. The van der Waals surface area contributed by atoms with Crippen LogP contribution >= 0.6 is 0 Å². The Bertz CT molecular complexity index is 709. The number of benzene rings is 1. The molecule has 1 aliphatic heterocycles. The van der Waals surface area contributed by atoms with Crippen LogP contribution in [0.2, 0.25) is 0 Å². The smallest absolute Gasteiger partial charge is 0.321 e. The molecule has 144 valence electrons. The highest BCUT2D eigenvalue weighted by Crippen LogP contribution is 2.18. The van der Waals surface area contributed by atoms with Gasteiger partial charge in [0.25, 0.3) is 0 Å². The number of nitrogens with one attached hydrogen (secondary N) is 3. The standard InChI is InChI=1S/C17H26N4O4S/c1-2-26(24,25)19-11-10-18-16(22)14-7-6-12-21(13-14)17(23)20-15-8-4-3-5-9-15/h3-5,8-9,14,19H,2,6-7,10-13H2,1H3,(H,18,22)(H,20,23)/t14-/m1/s1. The third-order valence-electron chi connectivity index (χ3n) is 4.23. The van der Waals surface area contributed by atoms with E-state index in [-0.39, 0.29) is 36.7 Å². The van der Waals surface area contributed by atoms with Gasteiger partial charge < -0.3 is 15.5 Å². The van der Waals surface area contributed by atoms with E-state index in [9.17, 15) is 18.0 Å². The van der Waals surface area contributed by atoms with E-state index in [4.69, 9.17) is 0 Å². The van der Waals surface area contributed by atoms with Crippen LogP contribution in [0.5, 0.6) is 0 Å². The first kappa shape index (κ1) is 20.2. The van der Waals surface area contributed by atoms with Crippen LogP contribution in [0.15, 0.2) is 30.3 Å². The normalized spacial score (nSPS) is 17.6. The van der Waals surface area contributed by atoms with Gasteiger partial charge in [-0.25, -0.2) is 17.9 Å². The number of carbonyl (C=O) groups is 2. The van der Waals surface area contributed by atoms with Gasteiger partial charge in [-0.1, -0.05) is 18.2 Å². The lowest BCUT2D eigenvalue weighted by molar-refractivity contribution is -0.126. The van der Waals surface area contributed by atoms with Crippen molar-refractivity contribution >= 4 is 27.6 Å². The summed E-state index contributed by atoms with van der Waals surface area (Å²) in [6.07, 6.45) is 1.46. The number of hydrogen-bond donors (Lipinski definition) is 3. The number of para-hydroxylation sites is 1. The van der Waals surface area contributed by atoms with Gasteiger partial charge in [0.2, 0.25) is 15.9 Å². The predicted octanol–water partition coefficient (Wildman–Crippen LogP) is 0.986. The molecule has 9 heteroatoms. The SMILES string of the molecule is CCS(=O)(=O)NCCNC(=O)[C@@H]1CCCN(C(=O)Nc2ccccc2)C1. The average molecular weight is 382 g/mol. The molecule has 1 aromatic rings. The molecule has 1 aliphatic rings. The summed E-state index contributed by atoms with van der Waals surface area (Å²) in [7, 11) is -3.25. The summed E-state index contributed by atoms with van der Waals surface area (Å²) >= 11 is 0. The largest absolute Gasteiger partial charge is 0.354 e. The zero-order chi connectivity index (χ0) is 19.0. The number of likely N-dealkylation sites (tertiary alicyclic amines) is 1. The maximum Gasteiger partial charge on any atom is 0.321 e. The van der Waals surface area contributed by atoms with Gasteiger partial charge >= 0.3 is 6.03 Å². The Balaban J connectivity index is 1.78. The minimum absolute atomic E-state index is 0.00899. The van der Waals surface area contributed by atoms with Crippen LogP contribution in [0.4, 0.5) is 10.5 Å². The number of anilines is 1. The van der Waals surface area contributed by atoms with E-state index in [0.717, 1.165) is 6.42 Å². The second-order valence-corrected chi connectivity index (χ2v) is 8.27. The van der Waals surface area contributed by atoms with Gasteiger partial charge in [-0.05, 0) is 31.9 Å². The van der Waals surface area contributed by atoms with Crippen molar-refractivity contribution in [1.29, 1.82) is 0 Å². The lowest BCUT2D eigenvalue weighted by Crippen LogP contribution is -2.47. The molecule has 1 heterocycles. The van der Waals surface area contributed by atoms with Gasteiger partial charge in [0.15, 0.2) is 0 Å². The Kier molecular flexibility index (Phi) is 7.40. The average Bonchev–Trinajstić information content (AvgIpc) is 2.66. The summed E-state index contributed by atoms with van der Waals surface area (Å²) in [4.78, 5) is 26.3. The molecule has 0 unspecified atom stereocenters. The molecule has 0 aromatic heterocycles. The Labute approximate surface area is 154 Å². The van der Waals surface area contributed by atoms with Crippen molar-refractivity contribution < 1.29 is 18.0 Å². The number of sulfonamides is 1. The lowest BCUT2D eigenvalue weighted by atomic mass is 9.97. The quantitative estimate of drug-likeness (QED) is 0.611. The van der Waals surface area contributed by atoms with E-state index in [2.05, 4.69) is 15.4 Å². The second kappa shape index (κ2) is 9.54. The topological polar surface area (TPSA) is 108 Å². The molecule has 0 aliphatic carbocycles. The third kappa shape index (κ3) is 6.30.